The van der Waals surface area contributed by atoms with Gasteiger partial charge in [-0.2, -0.15) is 0 Å². The number of likely N-dealkylation sites (tertiary alicyclic amines) is 1. The second kappa shape index (κ2) is 11.2. The van der Waals surface area contributed by atoms with Gasteiger partial charge in [0.2, 0.25) is 5.91 Å². The lowest BCUT2D eigenvalue weighted by Crippen LogP contribution is -2.55. The number of benzene rings is 2. The zero-order chi connectivity index (χ0) is 22.2. The van der Waals surface area contributed by atoms with Gasteiger partial charge >= 0.3 is 6.03 Å². The summed E-state index contributed by atoms with van der Waals surface area (Å²) in [7, 11) is 0. The van der Waals surface area contributed by atoms with Crippen LogP contribution >= 0.6 is 11.6 Å². The van der Waals surface area contributed by atoms with Gasteiger partial charge < -0.3 is 15.5 Å². The summed E-state index contributed by atoms with van der Waals surface area (Å²) in [6.07, 6.45) is 2.59. The minimum atomic E-state index is -0.524. The Balaban J connectivity index is 1.48. The molecule has 6 heteroatoms. The van der Waals surface area contributed by atoms with Gasteiger partial charge in [0, 0.05) is 24.7 Å². The zero-order valence-electron chi connectivity index (χ0n) is 18.3. The summed E-state index contributed by atoms with van der Waals surface area (Å²) in [5.74, 6) is 0.456. The second-order valence-electron chi connectivity index (χ2n) is 8.51. The molecule has 1 saturated heterocycles. The van der Waals surface area contributed by atoms with Gasteiger partial charge in [-0.25, -0.2) is 4.79 Å². The second-order valence-corrected chi connectivity index (χ2v) is 8.95. The molecule has 2 aromatic carbocycles. The van der Waals surface area contributed by atoms with Crippen LogP contribution in [0.5, 0.6) is 0 Å². The number of amides is 3. The van der Waals surface area contributed by atoms with Crippen LogP contribution in [0.1, 0.15) is 43.7 Å². The predicted molar refractivity (Wildman–Crippen MR) is 125 cm³/mol. The lowest BCUT2D eigenvalue weighted by molar-refractivity contribution is -0.135. The van der Waals surface area contributed by atoms with E-state index in [9.17, 15) is 9.59 Å². The number of halogens is 1. The molecule has 0 radical (unpaired) electrons. The number of rotatable bonds is 7. The highest BCUT2D eigenvalue weighted by atomic mass is 35.5. The Morgan fingerprint density at radius 1 is 1.03 bits per heavy atom. The van der Waals surface area contributed by atoms with Gasteiger partial charge in [-0.05, 0) is 54.4 Å². The number of hydrogen-bond acceptors (Lipinski definition) is 2. The molecule has 0 saturated carbocycles. The first-order chi connectivity index (χ1) is 14.9. The summed E-state index contributed by atoms with van der Waals surface area (Å²) in [4.78, 5) is 27.4. The van der Waals surface area contributed by atoms with Crippen LogP contribution in [0.15, 0.2) is 54.6 Å². The van der Waals surface area contributed by atoms with Crippen molar-refractivity contribution in [2.24, 2.45) is 5.92 Å². The van der Waals surface area contributed by atoms with Crippen molar-refractivity contribution in [1.82, 2.24) is 15.5 Å². The molecule has 3 rings (SSSR count). The highest BCUT2D eigenvalue weighted by Crippen LogP contribution is 2.29. The molecule has 1 heterocycles. The highest BCUT2D eigenvalue weighted by Gasteiger charge is 2.31. The first kappa shape index (κ1) is 23.1. The van der Waals surface area contributed by atoms with Crippen LogP contribution in [0.4, 0.5) is 4.79 Å². The van der Waals surface area contributed by atoms with E-state index in [4.69, 9.17) is 11.6 Å². The number of piperidine rings is 1. The van der Waals surface area contributed by atoms with E-state index < -0.39 is 6.04 Å². The minimum Gasteiger partial charge on any atom is -0.341 e. The maximum Gasteiger partial charge on any atom is 0.315 e. The van der Waals surface area contributed by atoms with Gasteiger partial charge in [-0.3, -0.25) is 4.79 Å². The highest BCUT2D eigenvalue weighted by molar-refractivity contribution is 6.30. The van der Waals surface area contributed by atoms with Crippen LogP contribution in [0, 0.1) is 5.92 Å². The van der Waals surface area contributed by atoms with Crippen molar-refractivity contribution in [3.05, 3.63) is 70.7 Å². The van der Waals surface area contributed by atoms with Crippen molar-refractivity contribution in [3.63, 3.8) is 0 Å². The van der Waals surface area contributed by atoms with E-state index in [1.54, 1.807) is 0 Å². The fourth-order valence-electron chi connectivity index (χ4n) is 4.04. The first-order valence-corrected chi connectivity index (χ1v) is 11.4. The maximum absolute atomic E-state index is 13.1. The standard InChI is InChI=1S/C25H32ClN3O2/c1-18(2)23(28-25(31)27-15-12-19-6-4-3-5-7-19)24(30)29-16-13-21(14-17-29)20-8-10-22(26)11-9-20/h3-11,18,21,23H,12-17H2,1-2H3,(H2,27,28,31)/t23-/m1/s1. The molecule has 0 bridgehead atoms. The van der Waals surface area contributed by atoms with E-state index in [-0.39, 0.29) is 17.9 Å². The predicted octanol–water partition coefficient (Wildman–Crippen LogP) is 4.61. The molecular formula is C25H32ClN3O2. The number of carbonyl (C=O) groups excluding carboxylic acids is 2. The molecule has 2 aromatic rings. The fourth-order valence-corrected chi connectivity index (χ4v) is 4.16. The third-order valence-corrected chi connectivity index (χ3v) is 6.16. The molecule has 3 amide bonds. The molecule has 5 nitrogen and oxygen atoms in total. The minimum absolute atomic E-state index is 0.00256. The van der Waals surface area contributed by atoms with Crippen LogP contribution in [-0.4, -0.2) is 42.5 Å². The van der Waals surface area contributed by atoms with Crippen LogP contribution in [0.2, 0.25) is 5.02 Å². The van der Waals surface area contributed by atoms with E-state index in [1.807, 2.05) is 61.2 Å². The normalized spacial score (nSPS) is 15.5. The van der Waals surface area contributed by atoms with Crippen molar-refractivity contribution >= 4 is 23.5 Å². The van der Waals surface area contributed by atoms with Gasteiger partial charge in [0.1, 0.15) is 6.04 Å². The average Bonchev–Trinajstić information content (AvgIpc) is 2.78. The van der Waals surface area contributed by atoms with Crippen LogP contribution in [0.3, 0.4) is 0 Å². The molecule has 1 aliphatic heterocycles. The Morgan fingerprint density at radius 2 is 1.68 bits per heavy atom. The van der Waals surface area contributed by atoms with Crippen molar-refractivity contribution in [1.29, 1.82) is 0 Å². The third kappa shape index (κ3) is 6.73. The van der Waals surface area contributed by atoms with E-state index in [1.165, 1.54) is 11.1 Å². The van der Waals surface area contributed by atoms with Gasteiger partial charge in [-0.1, -0.05) is 67.9 Å². The van der Waals surface area contributed by atoms with Crippen molar-refractivity contribution in [3.8, 4) is 0 Å². The monoisotopic (exact) mass is 441 g/mol. The van der Waals surface area contributed by atoms with Crippen molar-refractivity contribution < 1.29 is 9.59 Å². The smallest absolute Gasteiger partial charge is 0.315 e. The SMILES string of the molecule is CC(C)[C@@H](NC(=O)NCCc1ccccc1)C(=O)N1CCC(c2ccc(Cl)cc2)CC1. The summed E-state index contributed by atoms with van der Waals surface area (Å²) < 4.78 is 0. The van der Waals surface area contributed by atoms with Crippen molar-refractivity contribution in [2.45, 2.75) is 45.1 Å². The van der Waals surface area contributed by atoms with Gasteiger partial charge in [-0.15, -0.1) is 0 Å². The summed E-state index contributed by atoms with van der Waals surface area (Å²) in [5.41, 5.74) is 2.44. The van der Waals surface area contributed by atoms with Gasteiger partial charge in [0.05, 0.1) is 0 Å². The molecule has 166 valence electrons. The average molecular weight is 442 g/mol. The number of hydrogen-bond donors (Lipinski definition) is 2. The van der Waals surface area contributed by atoms with Crippen molar-refractivity contribution in [2.75, 3.05) is 19.6 Å². The molecule has 0 aromatic heterocycles. The van der Waals surface area contributed by atoms with E-state index >= 15 is 0 Å². The van der Waals surface area contributed by atoms with Gasteiger partial charge in [0.15, 0.2) is 0 Å². The molecule has 0 unspecified atom stereocenters. The molecule has 0 spiro atoms. The molecule has 2 N–H and O–H groups in total. The Labute approximate surface area is 190 Å². The topological polar surface area (TPSA) is 61.4 Å². The number of nitrogens with one attached hydrogen (secondary N) is 2. The molecule has 1 atom stereocenters. The molecule has 1 aliphatic rings. The quantitative estimate of drug-likeness (QED) is 0.658. The van der Waals surface area contributed by atoms with Crippen LogP contribution in [-0.2, 0) is 11.2 Å². The first-order valence-electron chi connectivity index (χ1n) is 11.1. The van der Waals surface area contributed by atoms with E-state index in [0.717, 1.165) is 24.3 Å². The largest absolute Gasteiger partial charge is 0.341 e. The van der Waals surface area contributed by atoms with Crippen LogP contribution in [0.25, 0.3) is 0 Å². The number of carbonyl (C=O) groups is 2. The molecule has 1 fully saturated rings. The summed E-state index contributed by atoms with van der Waals surface area (Å²) in [6.45, 7) is 5.86. The van der Waals surface area contributed by atoms with Gasteiger partial charge in [0.25, 0.3) is 0 Å². The molecule has 0 aliphatic carbocycles. The Morgan fingerprint density at radius 3 is 2.29 bits per heavy atom. The fraction of sp³-hybridized carbons (Fsp3) is 0.440. The Kier molecular flexibility index (Phi) is 8.35. The lowest BCUT2D eigenvalue weighted by atomic mass is 9.89. The van der Waals surface area contributed by atoms with E-state index in [0.29, 0.717) is 25.6 Å². The summed E-state index contributed by atoms with van der Waals surface area (Å²) >= 11 is 5.99. The number of urea groups is 1. The summed E-state index contributed by atoms with van der Waals surface area (Å²) in [6, 6.07) is 17.2. The lowest BCUT2D eigenvalue weighted by Gasteiger charge is -2.35. The summed E-state index contributed by atoms with van der Waals surface area (Å²) in [5, 5.41) is 6.51. The third-order valence-electron chi connectivity index (χ3n) is 5.91. The molecule has 31 heavy (non-hydrogen) atoms. The Hall–Kier alpha value is -2.53. The zero-order valence-corrected chi connectivity index (χ0v) is 19.1. The maximum atomic E-state index is 13.1. The van der Waals surface area contributed by atoms with E-state index in [2.05, 4.69) is 22.8 Å². The Bertz CT molecular complexity index is 847. The molecular weight excluding hydrogens is 410 g/mol. The number of nitrogens with zero attached hydrogens (tertiary/aromatic N) is 1. The van der Waals surface area contributed by atoms with Crippen LogP contribution < -0.4 is 10.6 Å².